The maximum absolute atomic E-state index is 12.4. The molecule has 0 radical (unpaired) electrons. The summed E-state index contributed by atoms with van der Waals surface area (Å²) in [5.41, 5.74) is 5.88. The summed E-state index contributed by atoms with van der Waals surface area (Å²) in [7, 11) is 0. The molecular formula is C15H27NO2. The van der Waals surface area contributed by atoms with Crippen LogP contribution in [-0.2, 0) is 9.53 Å². The van der Waals surface area contributed by atoms with Gasteiger partial charge >= 0.3 is 0 Å². The Kier molecular flexibility index (Phi) is 4.44. The Labute approximate surface area is 110 Å². The molecule has 1 saturated heterocycles. The Balaban J connectivity index is 1.99. The normalized spacial score (nSPS) is 30.9. The molecule has 3 unspecified atom stereocenters. The minimum atomic E-state index is -0.0392. The van der Waals surface area contributed by atoms with Crippen LogP contribution in [0.5, 0.6) is 0 Å². The first-order valence-corrected chi connectivity index (χ1v) is 7.47. The Morgan fingerprint density at radius 2 is 1.94 bits per heavy atom. The van der Waals surface area contributed by atoms with E-state index in [9.17, 15) is 4.79 Å². The molecule has 0 aromatic rings. The smallest absolute Gasteiger partial charge is 0.140 e. The number of hydrogen-bond donors (Lipinski definition) is 1. The highest BCUT2D eigenvalue weighted by Gasteiger charge is 2.41. The van der Waals surface area contributed by atoms with Crippen LogP contribution in [0.15, 0.2) is 0 Å². The lowest BCUT2D eigenvalue weighted by molar-refractivity contribution is -0.146. The number of nitrogens with two attached hydrogens (primary N) is 1. The molecule has 0 aromatic heterocycles. The number of ether oxygens (including phenoxy) is 1. The monoisotopic (exact) mass is 253 g/mol. The molecule has 1 aliphatic carbocycles. The van der Waals surface area contributed by atoms with Gasteiger partial charge in [0.1, 0.15) is 5.78 Å². The van der Waals surface area contributed by atoms with Crippen molar-refractivity contribution >= 4 is 5.78 Å². The number of hydrogen-bond acceptors (Lipinski definition) is 3. The summed E-state index contributed by atoms with van der Waals surface area (Å²) in [6.45, 7) is 4.65. The SMILES string of the molecule is CC(N)C(C)C(=O)C1CCOC2(CCCCC2)C1. The van der Waals surface area contributed by atoms with Gasteiger partial charge in [-0.3, -0.25) is 4.79 Å². The van der Waals surface area contributed by atoms with Crippen molar-refractivity contribution in [3.63, 3.8) is 0 Å². The van der Waals surface area contributed by atoms with Gasteiger partial charge in [0.2, 0.25) is 0 Å². The molecule has 2 rings (SSSR count). The zero-order chi connectivity index (χ0) is 13.2. The first kappa shape index (κ1) is 14.0. The van der Waals surface area contributed by atoms with E-state index in [2.05, 4.69) is 0 Å². The quantitative estimate of drug-likeness (QED) is 0.841. The molecule has 1 heterocycles. The summed E-state index contributed by atoms with van der Waals surface area (Å²) in [6, 6.07) is -0.0392. The zero-order valence-electron chi connectivity index (χ0n) is 11.8. The summed E-state index contributed by atoms with van der Waals surface area (Å²) < 4.78 is 6.04. The van der Waals surface area contributed by atoms with E-state index in [1.807, 2.05) is 13.8 Å². The molecule has 0 aromatic carbocycles. The molecular weight excluding hydrogens is 226 g/mol. The fourth-order valence-electron chi connectivity index (χ4n) is 3.45. The van der Waals surface area contributed by atoms with Crippen LogP contribution in [-0.4, -0.2) is 24.0 Å². The summed E-state index contributed by atoms with van der Waals surface area (Å²) in [5, 5.41) is 0. The lowest BCUT2D eigenvalue weighted by atomic mass is 9.73. The molecule has 0 amide bonds. The summed E-state index contributed by atoms with van der Waals surface area (Å²) in [5.74, 6) is 0.518. The van der Waals surface area contributed by atoms with Crippen LogP contribution in [0.1, 0.15) is 58.8 Å². The lowest BCUT2D eigenvalue weighted by Crippen LogP contribution is -2.45. The van der Waals surface area contributed by atoms with Gasteiger partial charge in [-0.1, -0.05) is 26.2 Å². The Morgan fingerprint density at radius 3 is 2.56 bits per heavy atom. The minimum absolute atomic E-state index is 0.0197. The van der Waals surface area contributed by atoms with Gasteiger partial charge in [-0.05, 0) is 32.6 Å². The Hall–Kier alpha value is -0.410. The van der Waals surface area contributed by atoms with Crippen molar-refractivity contribution in [2.75, 3.05) is 6.61 Å². The topological polar surface area (TPSA) is 52.3 Å². The van der Waals surface area contributed by atoms with Crippen LogP contribution in [0, 0.1) is 11.8 Å². The van der Waals surface area contributed by atoms with Crippen LogP contribution in [0.25, 0.3) is 0 Å². The minimum Gasteiger partial charge on any atom is -0.375 e. The highest BCUT2D eigenvalue weighted by Crippen LogP contribution is 2.41. The third kappa shape index (κ3) is 2.94. The van der Waals surface area contributed by atoms with Gasteiger partial charge in [-0.15, -0.1) is 0 Å². The van der Waals surface area contributed by atoms with Crippen molar-refractivity contribution in [1.29, 1.82) is 0 Å². The van der Waals surface area contributed by atoms with E-state index in [0.29, 0.717) is 5.78 Å². The van der Waals surface area contributed by atoms with E-state index in [4.69, 9.17) is 10.5 Å². The zero-order valence-corrected chi connectivity index (χ0v) is 11.8. The number of Topliss-reactive ketones (excluding diaryl/α,β-unsaturated/α-hetero) is 1. The van der Waals surface area contributed by atoms with Crippen molar-refractivity contribution in [3.8, 4) is 0 Å². The molecule has 3 heteroatoms. The lowest BCUT2D eigenvalue weighted by Gasteiger charge is -2.43. The molecule has 1 saturated carbocycles. The van der Waals surface area contributed by atoms with Gasteiger partial charge in [0, 0.05) is 24.5 Å². The number of ketones is 1. The fraction of sp³-hybridized carbons (Fsp3) is 0.933. The molecule has 3 nitrogen and oxygen atoms in total. The second kappa shape index (κ2) is 5.70. The number of rotatable bonds is 3. The molecule has 1 aliphatic heterocycles. The summed E-state index contributed by atoms with van der Waals surface area (Å²) >= 11 is 0. The molecule has 2 fully saturated rings. The number of carbonyl (C=O) groups excluding carboxylic acids is 1. The average molecular weight is 253 g/mol. The standard InChI is InChI=1S/C15H27NO2/c1-11(12(2)16)14(17)13-6-9-18-15(10-13)7-4-3-5-8-15/h11-13H,3-10,16H2,1-2H3. The molecule has 0 bridgehead atoms. The van der Waals surface area contributed by atoms with Crippen LogP contribution in [0.2, 0.25) is 0 Å². The molecule has 2 N–H and O–H groups in total. The van der Waals surface area contributed by atoms with Crippen LogP contribution in [0.4, 0.5) is 0 Å². The van der Waals surface area contributed by atoms with Crippen LogP contribution in [0.3, 0.4) is 0 Å². The number of carbonyl (C=O) groups is 1. The van der Waals surface area contributed by atoms with Crippen molar-refractivity contribution < 1.29 is 9.53 Å². The summed E-state index contributed by atoms with van der Waals surface area (Å²) in [6.07, 6.45) is 7.93. The van der Waals surface area contributed by atoms with Gasteiger partial charge < -0.3 is 10.5 Å². The first-order valence-electron chi connectivity index (χ1n) is 7.47. The van der Waals surface area contributed by atoms with E-state index in [-0.39, 0.29) is 23.5 Å². The second-order valence-electron chi connectivity index (χ2n) is 6.33. The Morgan fingerprint density at radius 1 is 1.28 bits per heavy atom. The van der Waals surface area contributed by atoms with Gasteiger partial charge in [-0.2, -0.15) is 0 Å². The van der Waals surface area contributed by atoms with Gasteiger partial charge in [-0.25, -0.2) is 0 Å². The van der Waals surface area contributed by atoms with Crippen molar-refractivity contribution in [2.45, 2.75) is 70.4 Å². The molecule has 104 valence electrons. The maximum atomic E-state index is 12.4. The summed E-state index contributed by atoms with van der Waals surface area (Å²) in [4.78, 5) is 12.4. The van der Waals surface area contributed by atoms with Gasteiger partial charge in [0.25, 0.3) is 0 Å². The van der Waals surface area contributed by atoms with E-state index in [1.165, 1.54) is 19.3 Å². The van der Waals surface area contributed by atoms with Crippen molar-refractivity contribution in [3.05, 3.63) is 0 Å². The van der Waals surface area contributed by atoms with E-state index < -0.39 is 0 Å². The highest BCUT2D eigenvalue weighted by atomic mass is 16.5. The predicted molar refractivity (Wildman–Crippen MR) is 72.3 cm³/mol. The predicted octanol–water partition coefficient (Wildman–Crippen LogP) is 2.67. The maximum Gasteiger partial charge on any atom is 0.140 e. The van der Waals surface area contributed by atoms with Crippen molar-refractivity contribution in [2.24, 2.45) is 17.6 Å². The van der Waals surface area contributed by atoms with Crippen LogP contribution >= 0.6 is 0 Å². The van der Waals surface area contributed by atoms with Gasteiger partial charge in [0.15, 0.2) is 0 Å². The molecule has 3 atom stereocenters. The van der Waals surface area contributed by atoms with Gasteiger partial charge in [0.05, 0.1) is 5.60 Å². The Bertz CT molecular complexity index is 289. The average Bonchev–Trinajstić information content (AvgIpc) is 2.38. The molecule has 1 spiro atoms. The molecule has 2 aliphatic rings. The third-order valence-electron chi connectivity index (χ3n) is 4.90. The van der Waals surface area contributed by atoms with Crippen LogP contribution < -0.4 is 5.73 Å². The first-order chi connectivity index (χ1) is 8.54. The van der Waals surface area contributed by atoms with E-state index in [0.717, 1.165) is 32.3 Å². The largest absolute Gasteiger partial charge is 0.375 e. The fourth-order valence-corrected chi connectivity index (χ4v) is 3.45. The van der Waals surface area contributed by atoms with Crippen molar-refractivity contribution in [1.82, 2.24) is 0 Å². The van der Waals surface area contributed by atoms with E-state index in [1.54, 1.807) is 0 Å². The third-order valence-corrected chi connectivity index (χ3v) is 4.90. The highest BCUT2D eigenvalue weighted by molar-refractivity contribution is 5.83. The second-order valence-corrected chi connectivity index (χ2v) is 6.33. The van der Waals surface area contributed by atoms with E-state index >= 15 is 0 Å². The molecule has 18 heavy (non-hydrogen) atoms.